The molecule has 6 aromatic rings. The number of aromatic nitrogens is 3. The van der Waals surface area contributed by atoms with Crippen LogP contribution in [0, 0.1) is 32.6 Å². The quantitative estimate of drug-likeness (QED) is 0.157. The number of phenols is 1. The van der Waals surface area contributed by atoms with Crippen LogP contribution in [0.3, 0.4) is 0 Å². The second-order valence-corrected chi connectivity index (χ2v) is 18.6. The predicted octanol–water partition coefficient (Wildman–Crippen LogP) is 9.96. The lowest BCUT2D eigenvalue weighted by Gasteiger charge is -2.43. The minimum atomic E-state index is -0.0749. The van der Waals surface area contributed by atoms with Crippen molar-refractivity contribution in [1.82, 2.24) is 19.7 Å². The summed E-state index contributed by atoms with van der Waals surface area (Å²) in [4.78, 5) is 11.8. The van der Waals surface area contributed by atoms with Gasteiger partial charge in [0.2, 0.25) is 0 Å². The molecule has 10 rings (SSSR count). The number of aryl methyl sites for hydroxylation is 3. The number of piperidine rings is 1. The Balaban J connectivity index is 0.711. The highest BCUT2D eigenvalue weighted by Gasteiger charge is 2.34. The van der Waals surface area contributed by atoms with E-state index in [1.54, 1.807) is 0 Å². The normalized spacial score (nSPS) is 20.9. The van der Waals surface area contributed by atoms with Crippen molar-refractivity contribution in [3.05, 3.63) is 153 Å². The number of aliphatic imine (C=N–C) groups is 1. The van der Waals surface area contributed by atoms with E-state index in [-0.39, 0.29) is 12.0 Å². The molecule has 2 saturated heterocycles. The lowest BCUT2D eigenvalue weighted by molar-refractivity contribution is 0.0454. The van der Waals surface area contributed by atoms with Crippen LogP contribution in [-0.2, 0) is 6.42 Å². The first kappa shape index (κ1) is 38.0. The zero-order chi connectivity index (χ0) is 40.2. The van der Waals surface area contributed by atoms with E-state index in [2.05, 4.69) is 130 Å². The molecule has 3 atom stereocenters. The van der Waals surface area contributed by atoms with Gasteiger partial charge in [0.1, 0.15) is 28.4 Å². The molecule has 1 aliphatic carbocycles. The van der Waals surface area contributed by atoms with Gasteiger partial charge in [0.15, 0.2) is 5.82 Å². The molecule has 9 heteroatoms. The molecule has 4 aromatic carbocycles. The average molecular weight is 803 g/mol. The predicted molar refractivity (Wildman–Crippen MR) is 238 cm³/mol. The smallest absolute Gasteiger partial charge is 0.162 e. The maximum atomic E-state index is 10.2. The molecular formula is C50H54N6O2S. The number of ether oxygens (including phenoxy) is 1. The van der Waals surface area contributed by atoms with E-state index < -0.39 is 0 Å². The molecule has 0 saturated carbocycles. The Hall–Kier alpha value is -5.25. The number of hydrogen-bond donors (Lipinski definition) is 1. The van der Waals surface area contributed by atoms with Crippen LogP contribution >= 0.6 is 11.3 Å². The molecule has 4 aliphatic rings. The van der Waals surface area contributed by atoms with Crippen molar-refractivity contribution in [2.24, 2.45) is 16.8 Å². The monoisotopic (exact) mass is 802 g/mol. The Morgan fingerprint density at radius 3 is 2.34 bits per heavy atom. The summed E-state index contributed by atoms with van der Waals surface area (Å²) in [7, 11) is 0. The Labute approximate surface area is 352 Å². The molecule has 2 fully saturated rings. The average Bonchev–Trinajstić information content (AvgIpc) is 3.74. The molecule has 0 radical (unpaired) electrons. The van der Waals surface area contributed by atoms with Crippen LogP contribution in [0.2, 0.25) is 0 Å². The Morgan fingerprint density at radius 1 is 0.814 bits per heavy atom. The van der Waals surface area contributed by atoms with Crippen molar-refractivity contribution in [3.63, 3.8) is 0 Å². The first-order chi connectivity index (χ1) is 28.8. The lowest BCUT2D eigenvalue weighted by Crippen LogP contribution is -2.51. The van der Waals surface area contributed by atoms with Crippen LogP contribution in [0.4, 0.5) is 5.69 Å². The molecule has 5 heterocycles. The highest BCUT2D eigenvalue weighted by Crippen LogP contribution is 2.47. The fourth-order valence-corrected chi connectivity index (χ4v) is 11.5. The van der Waals surface area contributed by atoms with Gasteiger partial charge in [-0.05, 0) is 129 Å². The van der Waals surface area contributed by atoms with E-state index in [0.29, 0.717) is 17.6 Å². The molecule has 3 aliphatic heterocycles. The number of phenolic OH excluding ortho intramolecular Hbond substituents is 1. The van der Waals surface area contributed by atoms with Gasteiger partial charge in [-0.15, -0.1) is 21.5 Å². The number of fused-ring (bicyclic) bond motifs is 4. The molecule has 2 aromatic heterocycles. The van der Waals surface area contributed by atoms with E-state index in [9.17, 15) is 5.11 Å². The number of nitrogens with zero attached hydrogens (tertiary/aromatic N) is 6. The minimum absolute atomic E-state index is 0.0749. The van der Waals surface area contributed by atoms with Crippen LogP contribution in [-0.4, -0.2) is 69.8 Å². The van der Waals surface area contributed by atoms with Gasteiger partial charge in [-0.2, -0.15) is 0 Å². The summed E-state index contributed by atoms with van der Waals surface area (Å²) >= 11 is 1.81. The summed E-state index contributed by atoms with van der Waals surface area (Å²) in [5.74, 6) is 5.09. The van der Waals surface area contributed by atoms with Crippen molar-refractivity contribution in [3.8, 4) is 16.5 Å². The first-order valence-electron chi connectivity index (χ1n) is 21.5. The summed E-state index contributed by atoms with van der Waals surface area (Å²) in [6.45, 7) is 15.0. The van der Waals surface area contributed by atoms with E-state index in [1.165, 1.54) is 68.3 Å². The summed E-state index contributed by atoms with van der Waals surface area (Å²) in [6, 6.07) is 34.7. The second-order valence-electron chi connectivity index (χ2n) is 17.4. The molecule has 1 N–H and O–H groups in total. The van der Waals surface area contributed by atoms with E-state index in [1.807, 2.05) is 30.4 Å². The van der Waals surface area contributed by atoms with Gasteiger partial charge in [-0.3, -0.25) is 9.56 Å². The molecule has 0 bridgehead atoms. The zero-order valence-corrected chi connectivity index (χ0v) is 35.5. The topological polar surface area (TPSA) is 79.0 Å². The van der Waals surface area contributed by atoms with Crippen LogP contribution < -0.4 is 9.64 Å². The molecule has 0 spiro atoms. The summed E-state index contributed by atoms with van der Waals surface area (Å²) in [5, 5.41) is 20.3. The highest BCUT2D eigenvalue weighted by atomic mass is 32.1. The van der Waals surface area contributed by atoms with Gasteiger partial charge in [0, 0.05) is 66.3 Å². The van der Waals surface area contributed by atoms with E-state index in [0.717, 1.165) is 80.2 Å². The van der Waals surface area contributed by atoms with Gasteiger partial charge in [0.05, 0.1) is 12.3 Å². The van der Waals surface area contributed by atoms with Crippen molar-refractivity contribution in [2.45, 2.75) is 71.3 Å². The molecular weight excluding hydrogens is 749 g/mol. The zero-order valence-electron chi connectivity index (χ0n) is 34.6. The third kappa shape index (κ3) is 7.27. The number of likely N-dealkylation sites (tertiary alicyclic amines) is 1. The van der Waals surface area contributed by atoms with Gasteiger partial charge < -0.3 is 19.6 Å². The van der Waals surface area contributed by atoms with Crippen LogP contribution in [0.5, 0.6) is 11.5 Å². The van der Waals surface area contributed by atoms with E-state index >= 15 is 0 Å². The maximum Gasteiger partial charge on any atom is 0.162 e. The summed E-state index contributed by atoms with van der Waals surface area (Å²) in [5.41, 5.74) is 11.3. The molecule has 0 unspecified atom stereocenters. The van der Waals surface area contributed by atoms with Crippen molar-refractivity contribution >= 4 is 22.7 Å². The third-order valence-electron chi connectivity index (χ3n) is 13.6. The van der Waals surface area contributed by atoms with Gasteiger partial charge in [-0.1, -0.05) is 60.7 Å². The van der Waals surface area contributed by atoms with Crippen LogP contribution in [0.25, 0.3) is 5.00 Å². The number of hydrogen-bond acceptors (Lipinski definition) is 8. The maximum absolute atomic E-state index is 10.2. The Kier molecular flexibility index (Phi) is 10.1. The largest absolute Gasteiger partial charge is 0.508 e. The molecule has 59 heavy (non-hydrogen) atoms. The van der Waals surface area contributed by atoms with Gasteiger partial charge in [-0.25, -0.2) is 0 Å². The Bertz CT molecular complexity index is 2480. The van der Waals surface area contributed by atoms with Crippen LogP contribution in [0.1, 0.15) is 99.5 Å². The number of benzene rings is 4. The fraction of sp³-hybridized carbons (Fsp3) is 0.380. The van der Waals surface area contributed by atoms with Gasteiger partial charge in [0.25, 0.3) is 0 Å². The standard InChI is InChI=1S/C50H54N6O2S/c1-31-33(3)59-50-46(31)48(51-32(2)49-53-52-34(4)56(49)50)39-10-15-41(16-11-39)55-24-22-35(23-25-55)27-54-28-36(29-54)30-58-43-18-12-38(13-19-43)47-44(37-8-6-5-7-9-37)20-14-40-26-42(57)17-21-45(40)47/h5-13,15-19,21,26,32,35-36,44,47,57H,14,20,22-25,27-30H2,1-4H3/t32-,44-,47+/m0/s1. The third-order valence-corrected chi connectivity index (χ3v) is 14.8. The summed E-state index contributed by atoms with van der Waals surface area (Å²) in [6.07, 6.45) is 4.50. The first-order valence-corrected chi connectivity index (χ1v) is 22.4. The number of aromatic hydroxyl groups is 1. The molecule has 8 nitrogen and oxygen atoms in total. The SMILES string of the molecule is Cc1sc2c(c1C)C(c1ccc(N3CCC(CN4CC(COc5ccc([C@H]6c7ccc(O)cc7CC[C@H]6c6ccccc6)cc5)C4)CC3)cc1)=N[C@@H](C)c1nnc(C)n1-2. The number of rotatable bonds is 9. The number of thiophene rings is 1. The van der Waals surface area contributed by atoms with Crippen molar-refractivity contribution < 1.29 is 9.84 Å². The molecule has 0 amide bonds. The minimum Gasteiger partial charge on any atom is -0.508 e. The highest BCUT2D eigenvalue weighted by molar-refractivity contribution is 7.15. The van der Waals surface area contributed by atoms with Gasteiger partial charge >= 0.3 is 0 Å². The van der Waals surface area contributed by atoms with E-state index in [4.69, 9.17) is 9.73 Å². The van der Waals surface area contributed by atoms with Crippen molar-refractivity contribution in [1.29, 1.82) is 0 Å². The van der Waals surface area contributed by atoms with Crippen molar-refractivity contribution in [2.75, 3.05) is 44.2 Å². The fourth-order valence-electron chi connectivity index (χ4n) is 10.2. The number of anilines is 1. The molecule has 302 valence electrons. The second kappa shape index (κ2) is 15.7. The lowest BCUT2D eigenvalue weighted by atomic mass is 9.69. The Morgan fingerprint density at radius 2 is 1.58 bits per heavy atom. The summed E-state index contributed by atoms with van der Waals surface area (Å²) < 4.78 is 8.58. The van der Waals surface area contributed by atoms with Crippen LogP contribution in [0.15, 0.2) is 102 Å².